The summed E-state index contributed by atoms with van der Waals surface area (Å²) in [6, 6.07) is 0. The van der Waals surface area contributed by atoms with Gasteiger partial charge in [0.1, 0.15) is 0 Å². The summed E-state index contributed by atoms with van der Waals surface area (Å²) in [6.45, 7) is 4.31. The molecule has 128 valence electrons. The van der Waals surface area contributed by atoms with Gasteiger partial charge in [-0.2, -0.15) is 0 Å². The minimum Gasteiger partial charge on any atom is -0.748 e. The minimum atomic E-state index is -4.10. The van der Waals surface area contributed by atoms with Crippen molar-refractivity contribution in [2.75, 3.05) is 0 Å². The molecule has 0 fully saturated rings. The van der Waals surface area contributed by atoms with E-state index in [2.05, 4.69) is 13.8 Å². The van der Waals surface area contributed by atoms with Gasteiger partial charge in [0.05, 0.1) is 10.1 Å². The molecule has 1 atom stereocenters. The van der Waals surface area contributed by atoms with Gasteiger partial charge in [0, 0.05) is 5.25 Å². The molecule has 0 amide bonds. The summed E-state index contributed by atoms with van der Waals surface area (Å²) < 4.78 is 33.7. The number of hydrogen-bond acceptors (Lipinski definition) is 3. The van der Waals surface area contributed by atoms with Crippen LogP contribution < -0.4 is 51.4 Å². The number of unbranched alkanes of at least 4 members (excludes halogenated alkanes) is 10. The Hall–Kier alpha value is 1.55. The van der Waals surface area contributed by atoms with Crippen LogP contribution in [0.25, 0.3) is 0 Å². The Balaban J connectivity index is 0. The largest absolute Gasteiger partial charge is 1.00 e. The third kappa shape index (κ3) is 16.4. The summed E-state index contributed by atoms with van der Waals surface area (Å²) in [5.41, 5.74) is 0. The van der Waals surface area contributed by atoms with Crippen LogP contribution in [0, 0.1) is 0 Å². The van der Waals surface area contributed by atoms with Crippen LogP contribution in [0.3, 0.4) is 0 Å². The first kappa shape index (κ1) is 25.8. The number of hydrogen-bond donors (Lipinski definition) is 0. The Morgan fingerprint density at radius 2 is 1.00 bits per heavy atom. The van der Waals surface area contributed by atoms with E-state index in [-0.39, 0.29) is 51.4 Å². The van der Waals surface area contributed by atoms with E-state index in [1.807, 2.05) is 0 Å². The smallest absolute Gasteiger partial charge is 0.748 e. The molecule has 3 nitrogen and oxygen atoms in total. The molecule has 0 radical (unpaired) electrons. The van der Waals surface area contributed by atoms with Crippen LogP contribution in [0.2, 0.25) is 0 Å². The summed E-state index contributed by atoms with van der Waals surface area (Å²) in [5, 5.41) is -0.645. The molecule has 0 bridgehead atoms. The normalized spacial score (nSPS) is 12.9. The van der Waals surface area contributed by atoms with E-state index in [0.717, 1.165) is 32.1 Å². The van der Waals surface area contributed by atoms with Crippen molar-refractivity contribution in [3.63, 3.8) is 0 Å². The van der Waals surface area contributed by atoms with Crippen LogP contribution in [-0.2, 0) is 10.1 Å². The standard InChI is InChI=1S/C17H36O3S.K/c1-3-5-7-8-9-10-11-12-14-16-17(21(18,19)20)15-13-6-4-2;/h17H,3-16H2,1-2H3,(H,18,19,20);/q;+1/p-1. The maximum Gasteiger partial charge on any atom is 1.00 e. The van der Waals surface area contributed by atoms with Crippen molar-refractivity contribution < 1.29 is 64.4 Å². The second kappa shape index (κ2) is 17.4. The molecule has 1 unspecified atom stereocenters. The van der Waals surface area contributed by atoms with Gasteiger partial charge in [-0.05, 0) is 12.8 Å². The minimum absolute atomic E-state index is 0. The van der Waals surface area contributed by atoms with Gasteiger partial charge in [-0.25, -0.2) is 8.42 Å². The third-order valence-electron chi connectivity index (χ3n) is 4.17. The Morgan fingerprint density at radius 3 is 1.41 bits per heavy atom. The molecule has 22 heavy (non-hydrogen) atoms. The Labute approximate surface area is 181 Å². The molecule has 0 aromatic rings. The molecule has 0 aromatic heterocycles. The van der Waals surface area contributed by atoms with Gasteiger partial charge in [0.15, 0.2) is 0 Å². The summed E-state index contributed by atoms with van der Waals surface area (Å²) >= 11 is 0. The van der Waals surface area contributed by atoms with Crippen LogP contribution in [-0.4, -0.2) is 18.2 Å². The van der Waals surface area contributed by atoms with E-state index in [1.54, 1.807) is 0 Å². The van der Waals surface area contributed by atoms with Crippen molar-refractivity contribution in [3.8, 4) is 0 Å². The van der Waals surface area contributed by atoms with Crippen LogP contribution in [0.1, 0.15) is 104 Å². The first-order chi connectivity index (χ1) is 10.0. The second-order valence-corrected chi connectivity index (χ2v) is 7.88. The summed E-state index contributed by atoms with van der Waals surface area (Å²) in [4.78, 5) is 0. The van der Waals surface area contributed by atoms with E-state index in [9.17, 15) is 13.0 Å². The Kier molecular flexibility index (Phi) is 20.4. The molecule has 0 saturated heterocycles. The SMILES string of the molecule is CCCCCCCCCCCC(CCCCC)S(=O)(=O)[O-].[K+]. The molecule has 0 heterocycles. The second-order valence-electron chi connectivity index (χ2n) is 6.23. The molecular weight excluding hydrogens is 323 g/mol. The molecule has 0 aromatic carbocycles. The fourth-order valence-corrected chi connectivity index (χ4v) is 3.65. The van der Waals surface area contributed by atoms with Gasteiger partial charge in [-0.3, -0.25) is 0 Å². The number of rotatable bonds is 15. The molecule has 0 aliphatic carbocycles. The summed E-state index contributed by atoms with van der Waals surface area (Å²) in [6.07, 6.45) is 15.0. The van der Waals surface area contributed by atoms with Gasteiger partial charge in [0.2, 0.25) is 0 Å². The van der Waals surface area contributed by atoms with Crippen LogP contribution in [0.15, 0.2) is 0 Å². The van der Waals surface area contributed by atoms with E-state index in [1.165, 1.54) is 44.9 Å². The predicted octanol–water partition coefficient (Wildman–Crippen LogP) is 2.41. The molecule has 5 heteroatoms. The van der Waals surface area contributed by atoms with E-state index in [0.29, 0.717) is 12.8 Å². The Bertz CT molecular complexity index is 318. The fourth-order valence-electron chi connectivity index (χ4n) is 2.74. The van der Waals surface area contributed by atoms with E-state index in [4.69, 9.17) is 0 Å². The molecule has 0 spiro atoms. The van der Waals surface area contributed by atoms with Crippen molar-refractivity contribution in [2.45, 2.75) is 109 Å². The molecular formula is C17H35KO3S. The Morgan fingerprint density at radius 1 is 0.682 bits per heavy atom. The van der Waals surface area contributed by atoms with E-state index < -0.39 is 15.4 Å². The molecule has 0 saturated carbocycles. The zero-order valence-electron chi connectivity index (χ0n) is 15.1. The molecule has 0 rings (SSSR count). The maximum atomic E-state index is 11.2. The quantitative estimate of drug-likeness (QED) is 0.257. The zero-order valence-corrected chi connectivity index (χ0v) is 19.0. The summed E-state index contributed by atoms with van der Waals surface area (Å²) in [7, 11) is -4.10. The average Bonchev–Trinajstić information content (AvgIpc) is 2.42. The molecule has 0 N–H and O–H groups in total. The maximum absolute atomic E-state index is 11.2. The van der Waals surface area contributed by atoms with Crippen molar-refractivity contribution in [1.82, 2.24) is 0 Å². The van der Waals surface area contributed by atoms with Crippen molar-refractivity contribution >= 4 is 10.1 Å². The fraction of sp³-hybridized carbons (Fsp3) is 1.00. The van der Waals surface area contributed by atoms with E-state index >= 15 is 0 Å². The van der Waals surface area contributed by atoms with Crippen molar-refractivity contribution in [2.24, 2.45) is 0 Å². The third-order valence-corrected chi connectivity index (χ3v) is 5.46. The van der Waals surface area contributed by atoms with Crippen molar-refractivity contribution in [1.29, 1.82) is 0 Å². The molecule has 0 aliphatic rings. The average molecular weight is 359 g/mol. The first-order valence-corrected chi connectivity index (χ1v) is 10.4. The van der Waals surface area contributed by atoms with Crippen LogP contribution in [0.4, 0.5) is 0 Å². The van der Waals surface area contributed by atoms with Gasteiger partial charge >= 0.3 is 51.4 Å². The van der Waals surface area contributed by atoms with Gasteiger partial charge in [0.25, 0.3) is 0 Å². The zero-order chi connectivity index (χ0) is 16.0. The van der Waals surface area contributed by atoms with Gasteiger partial charge in [-0.1, -0.05) is 90.9 Å². The molecule has 0 aliphatic heterocycles. The summed E-state index contributed by atoms with van der Waals surface area (Å²) in [5.74, 6) is 0. The van der Waals surface area contributed by atoms with Crippen LogP contribution >= 0.6 is 0 Å². The van der Waals surface area contributed by atoms with Gasteiger partial charge in [-0.15, -0.1) is 0 Å². The van der Waals surface area contributed by atoms with Crippen molar-refractivity contribution in [3.05, 3.63) is 0 Å². The topological polar surface area (TPSA) is 57.2 Å². The predicted molar refractivity (Wildman–Crippen MR) is 89.5 cm³/mol. The monoisotopic (exact) mass is 358 g/mol. The first-order valence-electron chi connectivity index (χ1n) is 8.97. The van der Waals surface area contributed by atoms with Crippen LogP contribution in [0.5, 0.6) is 0 Å². The van der Waals surface area contributed by atoms with Gasteiger partial charge < -0.3 is 4.55 Å².